The van der Waals surface area contributed by atoms with Crippen LogP contribution in [0.15, 0.2) is 6.20 Å². The molecule has 6 nitrogen and oxygen atoms in total. The van der Waals surface area contributed by atoms with Crippen LogP contribution < -0.4 is 4.74 Å². The van der Waals surface area contributed by atoms with Crippen LogP contribution in [0.1, 0.15) is 30.1 Å². The van der Waals surface area contributed by atoms with Gasteiger partial charge in [-0.15, -0.1) is 0 Å². The minimum absolute atomic E-state index is 0.00454. The number of morpholine rings is 1. The van der Waals surface area contributed by atoms with Crippen LogP contribution in [0.25, 0.3) is 0 Å². The van der Waals surface area contributed by atoms with Crippen LogP contribution in [0.2, 0.25) is 0 Å². The molecule has 1 saturated heterocycles. The number of nitrogens with zero attached hydrogens (tertiary/aromatic N) is 3. The standard InChI is InChI=1S/C13H19N3O3/c1-2-10-9-15(5-7-18-10)12(17)11-8-14-16-4-3-6-19-13(11)16/h8,10H,2-7,9H2,1H3. The van der Waals surface area contributed by atoms with Crippen LogP contribution in [0.5, 0.6) is 5.88 Å². The number of carbonyl (C=O) groups is 1. The number of aromatic nitrogens is 2. The maximum atomic E-state index is 12.5. The smallest absolute Gasteiger partial charge is 0.261 e. The number of fused-ring (bicyclic) bond motifs is 1. The average molecular weight is 265 g/mol. The van der Waals surface area contributed by atoms with Gasteiger partial charge in [0.05, 0.1) is 25.5 Å². The molecule has 19 heavy (non-hydrogen) atoms. The number of ether oxygens (including phenoxy) is 2. The summed E-state index contributed by atoms with van der Waals surface area (Å²) in [4.78, 5) is 14.4. The molecule has 3 heterocycles. The molecule has 1 unspecified atom stereocenters. The molecule has 1 fully saturated rings. The number of aryl methyl sites for hydroxylation is 1. The second kappa shape index (κ2) is 5.21. The summed E-state index contributed by atoms with van der Waals surface area (Å²) in [7, 11) is 0. The first-order valence-corrected chi connectivity index (χ1v) is 6.89. The Morgan fingerprint density at radius 1 is 1.47 bits per heavy atom. The molecule has 104 valence electrons. The van der Waals surface area contributed by atoms with E-state index in [4.69, 9.17) is 9.47 Å². The number of hydrogen-bond donors (Lipinski definition) is 0. The predicted octanol–water partition coefficient (Wildman–Crippen LogP) is 0.917. The molecule has 1 amide bonds. The number of hydrogen-bond acceptors (Lipinski definition) is 4. The van der Waals surface area contributed by atoms with Gasteiger partial charge in [0.1, 0.15) is 5.56 Å². The van der Waals surface area contributed by atoms with Crippen molar-refractivity contribution >= 4 is 5.91 Å². The second-order valence-electron chi connectivity index (χ2n) is 4.94. The van der Waals surface area contributed by atoms with Crippen LogP contribution in [0.3, 0.4) is 0 Å². The lowest BCUT2D eigenvalue weighted by Crippen LogP contribution is -2.45. The van der Waals surface area contributed by atoms with E-state index in [9.17, 15) is 4.79 Å². The van der Waals surface area contributed by atoms with Crippen molar-refractivity contribution < 1.29 is 14.3 Å². The van der Waals surface area contributed by atoms with Crippen LogP contribution >= 0.6 is 0 Å². The zero-order valence-electron chi connectivity index (χ0n) is 11.2. The minimum Gasteiger partial charge on any atom is -0.477 e. The summed E-state index contributed by atoms with van der Waals surface area (Å²) in [5, 5.41) is 4.22. The van der Waals surface area contributed by atoms with E-state index in [1.165, 1.54) is 0 Å². The van der Waals surface area contributed by atoms with E-state index in [1.807, 2.05) is 4.90 Å². The third-order valence-corrected chi connectivity index (χ3v) is 3.66. The number of amides is 1. The van der Waals surface area contributed by atoms with Gasteiger partial charge in [0.2, 0.25) is 5.88 Å². The lowest BCUT2D eigenvalue weighted by molar-refractivity contribution is -0.0227. The zero-order valence-corrected chi connectivity index (χ0v) is 11.2. The third-order valence-electron chi connectivity index (χ3n) is 3.66. The summed E-state index contributed by atoms with van der Waals surface area (Å²) < 4.78 is 12.9. The van der Waals surface area contributed by atoms with Crippen molar-refractivity contribution in [3.05, 3.63) is 11.8 Å². The van der Waals surface area contributed by atoms with Crippen LogP contribution in [-0.4, -0.2) is 53.0 Å². The highest BCUT2D eigenvalue weighted by molar-refractivity contribution is 5.96. The van der Waals surface area contributed by atoms with Gasteiger partial charge in [-0.25, -0.2) is 4.68 Å². The van der Waals surface area contributed by atoms with E-state index in [0.717, 1.165) is 19.4 Å². The SMILES string of the molecule is CCC1CN(C(=O)c2cnn3c2OCCC3)CCO1. The monoisotopic (exact) mass is 265 g/mol. The van der Waals surface area contributed by atoms with Gasteiger partial charge in [-0.2, -0.15) is 5.10 Å². The van der Waals surface area contributed by atoms with Gasteiger partial charge in [-0.05, 0) is 6.42 Å². The fraction of sp³-hybridized carbons (Fsp3) is 0.692. The van der Waals surface area contributed by atoms with Gasteiger partial charge in [0.25, 0.3) is 5.91 Å². The largest absolute Gasteiger partial charge is 0.477 e. The molecule has 0 N–H and O–H groups in total. The molecule has 2 aliphatic rings. The maximum absolute atomic E-state index is 12.5. The van der Waals surface area contributed by atoms with Crippen LogP contribution in [0, 0.1) is 0 Å². The lowest BCUT2D eigenvalue weighted by atomic mass is 10.2. The van der Waals surface area contributed by atoms with Crippen molar-refractivity contribution in [2.75, 3.05) is 26.3 Å². The summed E-state index contributed by atoms with van der Waals surface area (Å²) in [6.07, 6.45) is 3.63. The number of carbonyl (C=O) groups excluding carboxylic acids is 1. The molecule has 0 bridgehead atoms. The fourth-order valence-electron chi connectivity index (χ4n) is 2.54. The highest BCUT2D eigenvalue weighted by atomic mass is 16.5. The zero-order chi connectivity index (χ0) is 13.2. The number of rotatable bonds is 2. The summed E-state index contributed by atoms with van der Waals surface area (Å²) in [5.41, 5.74) is 0.580. The van der Waals surface area contributed by atoms with Crippen molar-refractivity contribution in [3.63, 3.8) is 0 Å². The van der Waals surface area contributed by atoms with E-state index in [1.54, 1.807) is 10.9 Å². The van der Waals surface area contributed by atoms with E-state index in [-0.39, 0.29) is 12.0 Å². The van der Waals surface area contributed by atoms with Crippen molar-refractivity contribution in [2.24, 2.45) is 0 Å². The van der Waals surface area contributed by atoms with Gasteiger partial charge in [0.15, 0.2) is 0 Å². The molecule has 1 atom stereocenters. The van der Waals surface area contributed by atoms with E-state index in [0.29, 0.717) is 37.7 Å². The van der Waals surface area contributed by atoms with E-state index in [2.05, 4.69) is 12.0 Å². The van der Waals surface area contributed by atoms with Crippen molar-refractivity contribution in [2.45, 2.75) is 32.4 Å². The molecule has 0 radical (unpaired) electrons. The van der Waals surface area contributed by atoms with E-state index >= 15 is 0 Å². The molecule has 1 aromatic rings. The predicted molar refractivity (Wildman–Crippen MR) is 68.3 cm³/mol. The summed E-state index contributed by atoms with van der Waals surface area (Å²) in [5.74, 6) is 0.626. The first kappa shape index (κ1) is 12.5. The van der Waals surface area contributed by atoms with Gasteiger partial charge in [-0.3, -0.25) is 4.79 Å². The Morgan fingerprint density at radius 2 is 2.37 bits per heavy atom. The van der Waals surface area contributed by atoms with Gasteiger partial charge < -0.3 is 14.4 Å². The Bertz CT molecular complexity index is 472. The third kappa shape index (κ3) is 2.32. The molecule has 1 aromatic heterocycles. The average Bonchev–Trinajstić information content (AvgIpc) is 2.90. The molecule has 0 spiro atoms. The Labute approximate surface area is 112 Å². The molecular formula is C13H19N3O3. The summed E-state index contributed by atoms with van der Waals surface area (Å²) in [6.45, 7) is 5.45. The first-order chi connectivity index (χ1) is 9.29. The van der Waals surface area contributed by atoms with E-state index < -0.39 is 0 Å². The molecule has 0 saturated carbocycles. The molecule has 2 aliphatic heterocycles. The first-order valence-electron chi connectivity index (χ1n) is 6.89. The highest BCUT2D eigenvalue weighted by Crippen LogP contribution is 2.24. The van der Waals surface area contributed by atoms with Gasteiger partial charge in [-0.1, -0.05) is 6.92 Å². The van der Waals surface area contributed by atoms with Crippen LogP contribution in [0.4, 0.5) is 0 Å². The Kier molecular flexibility index (Phi) is 3.42. The molecule has 3 rings (SSSR count). The maximum Gasteiger partial charge on any atom is 0.261 e. The van der Waals surface area contributed by atoms with Crippen molar-refractivity contribution in [3.8, 4) is 5.88 Å². The van der Waals surface area contributed by atoms with Crippen molar-refractivity contribution in [1.82, 2.24) is 14.7 Å². The van der Waals surface area contributed by atoms with Gasteiger partial charge in [0, 0.05) is 26.1 Å². The Hall–Kier alpha value is -1.56. The lowest BCUT2D eigenvalue weighted by Gasteiger charge is -2.32. The normalized spacial score (nSPS) is 22.8. The Morgan fingerprint density at radius 3 is 3.21 bits per heavy atom. The fourth-order valence-corrected chi connectivity index (χ4v) is 2.54. The summed E-state index contributed by atoms with van der Waals surface area (Å²) in [6, 6.07) is 0. The topological polar surface area (TPSA) is 56.6 Å². The van der Waals surface area contributed by atoms with Crippen molar-refractivity contribution in [1.29, 1.82) is 0 Å². The van der Waals surface area contributed by atoms with Crippen LogP contribution in [-0.2, 0) is 11.3 Å². The summed E-state index contributed by atoms with van der Waals surface area (Å²) >= 11 is 0. The molecular weight excluding hydrogens is 246 g/mol. The molecule has 6 heteroatoms. The van der Waals surface area contributed by atoms with Gasteiger partial charge >= 0.3 is 0 Å². The second-order valence-corrected chi connectivity index (χ2v) is 4.94. The minimum atomic E-state index is 0.00454. The molecule has 0 aliphatic carbocycles. The Balaban J connectivity index is 1.78. The molecule has 0 aromatic carbocycles. The quantitative estimate of drug-likeness (QED) is 0.798. The highest BCUT2D eigenvalue weighted by Gasteiger charge is 2.29.